The van der Waals surface area contributed by atoms with E-state index in [0.29, 0.717) is 33.2 Å². The Morgan fingerprint density at radius 2 is 2.00 bits per heavy atom. The number of methoxy groups -OCH3 is 1. The number of hydrogen-bond donors (Lipinski definition) is 1. The molecule has 0 fully saturated rings. The molecule has 0 amide bonds. The Morgan fingerprint density at radius 1 is 1.19 bits per heavy atom. The van der Waals surface area contributed by atoms with E-state index in [1.165, 1.54) is 24.4 Å². The number of esters is 1. The van der Waals surface area contributed by atoms with E-state index in [1.54, 1.807) is 22.9 Å². The Hall–Kier alpha value is -3.53. The number of aryl methyl sites for hydroxylation is 1. The van der Waals surface area contributed by atoms with Gasteiger partial charge in [0, 0.05) is 0 Å². The summed E-state index contributed by atoms with van der Waals surface area (Å²) in [4.78, 5) is 31.5. The topological polar surface area (TPSA) is 116 Å². The van der Waals surface area contributed by atoms with Crippen LogP contribution in [-0.4, -0.2) is 43.3 Å². The van der Waals surface area contributed by atoms with Gasteiger partial charge in [-0.1, -0.05) is 37.2 Å². The third-order valence-corrected chi connectivity index (χ3v) is 5.89. The molecule has 10 heteroatoms. The molecule has 0 radical (unpaired) electrons. The molecule has 4 rings (SSSR count). The zero-order valence-corrected chi connectivity index (χ0v) is 18.6. The number of rotatable bonds is 8. The van der Waals surface area contributed by atoms with Crippen molar-refractivity contribution >= 4 is 28.6 Å². The molecule has 0 aliphatic carbocycles. The van der Waals surface area contributed by atoms with Crippen LogP contribution in [0.1, 0.15) is 41.5 Å². The number of aromatic amines is 1. The van der Waals surface area contributed by atoms with E-state index in [-0.39, 0.29) is 5.56 Å². The van der Waals surface area contributed by atoms with Crippen LogP contribution in [0.2, 0.25) is 0 Å². The van der Waals surface area contributed by atoms with Crippen LogP contribution in [0.25, 0.3) is 16.6 Å². The number of carbonyl (C=O) groups excluding carboxylic acids is 1. The van der Waals surface area contributed by atoms with Crippen LogP contribution in [0.5, 0.6) is 0 Å². The molecule has 2 aromatic carbocycles. The Bertz CT molecular complexity index is 1300. The summed E-state index contributed by atoms with van der Waals surface area (Å²) in [7, 11) is 1.31. The highest BCUT2D eigenvalue weighted by atomic mass is 32.2. The highest BCUT2D eigenvalue weighted by Gasteiger charge is 2.13. The van der Waals surface area contributed by atoms with Crippen molar-refractivity contribution in [1.82, 2.24) is 30.2 Å². The van der Waals surface area contributed by atoms with Gasteiger partial charge in [0.05, 0.1) is 35.0 Å². The van der Waals surface area contributed by atoms with Crippen molar-refractivity contribution in [1.29, 1.82) is 0 Å². The first kappa shape index (κ1) is 21.7. The van der Waals surface area contributed by atoms with Gasteiger partial charge in [0.1, 0.15) is 5.82 Å². The van der Waals surface area contributed by atoms with Gasteiger partial charge in [-0.2, -0.15) is 4.68 Å². The van der Waals surface area contributed by atoms with Crippen molar-refractivity contribution in [2.24, 2.45) is 0 Å². The van der Waals surface area contributed by atoms with Crippen LogP contribution in [0.15, 0.2) is 52.4 Å². The van der Waals surface area contributed by atoms with Gasteiger partial charge in [-0.25, -0.2) is 9.78 Å². The van der Waals surface area contributed by atoms with Crippen molar-refractivity contribution in [3.8, 4) is 5.69 Å². The van der Waals surface area contributed by atoms with Crippen molar-refractivity contribution < 1.29 is 9.53 Å². The predicted octanol–water partition coefficient (Wildman–Crippen LogP) is 3.32. The molecule has 0 unspecified atom stereocenters. The summed E-state index contributed by atoms with van der Waals surface area (Å²) in [6.45, 7) is 2.18. The molecule has 32 heavy (non-hydrogen) atoms. The summed E-state index contributed by atoms with van der Waals surface area (Å²) in [5.41, 5.74) is 2.63. The van der Waals surface area contributed by atoms with Gasteiger partial charge in [0.25, 0.3) is 5.56 Å². The Morgan fingerprint density at radius 3 is 2.75 bits per heavy atom. The first-order chi connectivity index (χ1) is 15.6. The van der Waals surface area contributed by atoms with Gasteiger partial charge in [-0.3, -0.25) is 4.79 Å². The average Bonchev–Trinajstić information content (AvgIpc) is 3.29. The lowest BCUT2D eigenvalue weighted by Gasteiger charge is -2.07. The first-order valence-electron chi connectivity index (χ1n) is 10.2. The number of tetrazole rings is 1. The van der Waals surface area contributed by atoms with E-state index in [2.05, 4.69) is 44.5 Å². The molecule has 0 bridgehead atoms. The fourth-order valence-electron chi connectivity index (χ4n) is 3.25. The second kappa shape index (κ2) is 9.73. The number of aromatic nitrogens is 6. The quantitative estimate of drug-likeness (QED) is 0.321. The van der Waals surface area contributed by atoms with E-state index >= 15 is 0 Å². The molecule has 2 heterocycles. The lowest BCUT2D eigenvalue weighted by molar-refractivity contribution is 0.0601. The Kier molecular flexibility index (Phi) is 6.60. The van der Waals surface area contributed by atoms with Crippen molar-refractivity contribution in [2.75, 3.05) is 7.11 Å². The minimum atomic E-state index is -0.482. The normalized spacial score (nSPS) is 11.1. The van der Waals surface area contributed by atoms with Gasteiger partial charge < -0.3 is 9.72 Å². The third kappa shape index (κ3) is 4.70. The molecule has 1 N–H and O–H groups in total. The molecule has 9 nitrogen and oxygen atoms in total. The predicted molar refractivity (Wildman–Crippen MR) is 121 cm³/mol. The van der Waals surface area contributed by atoms with E-state index in [0.717, 1.165) is 24.9 Å². The van der Waals surface area contributed by atoms with Crippen LogP contribution >= 0.6 is 11.8 Å². The minimum Gasteiger partial charge on any atom is -0.465 e. The fourth-order valence-corrected chi connectivity index (χ4v) is 4.01. The Labute approximate surface area is 188 Å². The monoisotopic (exact) mass is 450 g/mol. The number of nitrogens with one attached hydrogen (secondary N) is 1. The largest absolute Gasteiger partial charge is 0.465 e. The molecular weight excluding hydrogens is 428 g/mol. The summed E-state index contributed by atoms with van der Waals surface area (Å²) in [5.74, 6) is 0.326. The van der Waals surface area contributed by atoms with Crippen molar-refractivity contribution in [2.45, 2.75) is 37.1 Å². The van der Waals surface area contributed by atoms with Crippen LogP contribution in [0.3, 0.4) is 0 Å². The number of ether oxygens (including phenoxy) is 1. The average molecular weight is 451 g/mol. The summed E-state index contributed by atoms with van der Waals surface area (Å²) >= 11 is 1.35. The lowest BCUT2D eigenvalue weighted by Crippen LogP contribution is -2.12. The van der Waals surface area contributed by atoms with Crippen LogP contribution in [-0.2, 0) is 16.9 Å². The number of unbranched alkanes of at least 4 members (excludes halogenated alkanes) is 1. The molecular formula is C22H22N6O3S. The molecule has 0 spiro atoms. The highest BCUT2D eigenvalue weighted by molar-refractivity contribution is 7.98. The summed E-state index contributed by atoms with van der Waals surface area (Å²) in [6, 6.07) is 12.8. The number of hydrogen-bond acceptors (Lipinski definition) is 8. The zero-order chi connectivity index (χ0) is 22.5. The van der Waals surface area contributed by atoms with Gasteiger partial charge >= 0.3 is 5.97 Å². The zero-order valence-electron chi connectivity index (χ0n) is 17.7. The number of fused-ring (bicyclic) bond motifs is 1. The Balaban J connectivity index is 1.54. The van der Waals surface area contributed by atoms with Crippen molar-refractivity contribution in [3.05, 3.63) is 69.8 Å². The van der Waals surface area contributed by atoms with Gasteiger partial charge in [-0.05, 0) is 59.2 Å². The molecule has 0 aliphatic rings. The molecule has 4 aromatic rings. The van der Waals surface area contributed by atoms with Crippen LogP contribution < -0.4 is 5.56 Å². The fraction of sp³-hybridized carbons (Fsp3) is 0.273. The molecule has 0 atom stereocenters. The van der Waals surface area contributed by atoms with Crippen LogP contribution in [0, 0.1) is 0 Å². The van der Waals surface area contributed by atoms with Gasteiger partial charge in [0.2, 0.25) is 5.16 Å². The lowest BCUT2D eigenvalue weighted by atomic mass is 10.1. The standard InChI is InChI=1S/C22H22N6O3S/c1-3-4-5-14-6-9-16(10-7-14)28-22(25-26-27-28)32-13-19-23-18-12-15(21(30)31-2)8-11-17(18)20(29)24-19/h6-12H,3-5,13H2,1-2H3,(H,23,24,29). The smallest absolute Gasteiger partial charge is 0.337 e. The first-order valence-corrected chi connectivity index (χ1v) is 11.2. The van der Waals surface area contributed by atoms with Gasteiger partial charge in [-0.15, -0.1) is 5.10 Å². The maximum absolute atomic E-state index is 12.4. The second-order valence-electron chi connectivity index (χ2n) is 7.17. The summed E-state index contributed by atoms with van der Waals surface area (Å²) in [5, 5.41) is 13.0. The van der Waals surface area contributed by atoms with Crippen LogP contribution in [0.4, 0.5) is 0 Å². The SMILES string of the molecule is CCCCc1ccc(-n2nnnc2SCc2nc3cc(C(=O)OC)ccc3c(=O)[nH]2)cc1. The molecule has 0 saturated heterocycles. The molecule has 0 saturated carbocycles. The van der Waals surface area contributed by atoms with Gasteiger partial charge in [0.15, 0.2) is 0 Å². The number of nitrogens with zero attached hydrogens (tertiary/aromatic N) is 5. The summed E-state index contributed by atoms with van der Waals surface area (Å²) in [6.07, 6.45) is 3.36. The molecule has 2 aromatic heterocycles. The second-order valence-corrected chi connectivity index (χ2v) is 8.11. The number of carbonyl (C=O) groups is 1. The molecule has 164 valence electrons. The highest BCUT2D eigenvalue weighted by Crippen LogP contribution is 2.22. The maximum Gasteiger partial charge on any atom is 0.337 e. The van der Waals surface area contributed by atoms with E-state index in [1.807, 2.05) is 12.1 Å². The minimum absolute atomic E-state index is 0.274. The number of H-pyrrole nitrogens is 1. The summed E-state index contributed by atoms with van der Waals surface area (Å²) < 4.78 is 6.40. The van der Waals surface area contributed by atoms with Crippen molar-refractivity contribution in [3.63, 3.8) is 0 Å². The maximum atomic E-state index is 12.4. The third-order valence-electron chi connectivity index (χ3n) is 4.96. The van der Waals surface area contributed by atoms with E-state index < -0.39 is 5.97 Å². The number of thioether (sulfide) groups is 1. The van der Waals surface area contributed by atoms with E-state index in [4.69, 9.17) is 4.74 Å². The van der Waals surface area contributed by atoms with E-state index in [9.17, 15) is 9.59 Å². The molecule has 0 aliphatic heterocycles. The number of benzene rings is 2.